The molecule has 1 N–H and O–H groups in total. The highest BCUT2D eigenvalue weighted by atomic mass is 16.5. The number of rotatable bonds is 7. The van der Waals surface area contributed by atoms with Gasteiger partial charge in [-0.05, 0) is 38.1 Å². The van der Waals surface area contributed by atoms with Crippen molar-refractivity contribution in [2.24, 2.45) is 0 Å². The summed E-state index contributed by atoms with van der Waals surface area (Å²) < 4.78 is 16.4. The number of benzene rings is 1. The summed E-state index contributed by atoms with van der Waals surface area (Å²) >= 11 is 0. The number of aryl methyl sites for hydroxylation is 2. The predicted molar refractivity (Wildman–Crippen MR) is 80.7 cm³/mol. The summed E-state index contributed by atoms with van der Waals surface area (Å²) in [6.45, 7) is 8.04. The molecule has 0 unspecified atom stereocenters. The van der Waals surface area contributed by atoms with Gasteiger partial charge in [-0.1, -0.05) is 18.1 Å². The first kappa shape index (κ1) is 15.4. The van der Waals surface area contributed by atoms with Gasteiger partial charge in [-0.2, -0.15) is 0 Å². The zero-order chi connectivity index (χ0) is 15.2. The molecule has 0 fully saturated rings. The zero-order valence-corrected chi connectivity index (χ0v) is 13.0. The van der Waals surface area contributed by atoms with E-state index in [1.165, 1.54) is 0 Å². The Kier molecular flexibility index (Phi) is 5.22. The quantitative estimate of drug-likeness (QED) is 0.849. The number of nitrogens with zero attached hydrogens (tertiary/aromatic N) is 1. The monoisotopic (exact) mass is 290 g/mol. The molecule has 0 saturated carbocycles. The van der Waals surface area contributed by atoms with E-state index in [0.29, 0.717) is 6.61 Å². The number of ether oxygens (including phenoxy) is 2. The molecule has 0 saturated heterocycles. The van der Waals surface area contributed by atoms with Crippen molar-refractivity contribution >= 4 is 0 Å². The Morgan fingerprint density at radius 3 is 2.67 bits per heavy atom. The fourth-order valence-electron chi connectivity index (χ4n) is 2.07. The maximum Gasteiger partial charge on any atom is 0.161 e. The molecule has 2 rings (SSSR count). The Bertz CT molecular complexity index is 574. The van der Waals surface area contributed by atoms with Crippen LogP contribution in [0.2, 0.25) is 0 Å². The normalized spacial score (nSPS) is 10.7. The summed E-state index contributed by atoms with van der Waals surface area (Å²) in [5.41, 5.74) is 3.00. The molecule has 0 spiro atoms. The van der Waals surface area contributed by atoms with Gasteiger partial charge in [0.1, 0.15) is 12.4 Å². The molecule has 5 heteroatoms. The highest BCUT2D eigenvalue weighted by molar-refractivity contribution is 5.43. The Morgan fingerprint density at radius 1 is 1.24 bits per heavy atom. The second-order valence-corrected chi connectivity index (χ2v) is 4.86. The summed E-state index contributed by atoms with van der Waals surface area (Å²) in [6, 6.07) is 5.96. The van der Waals surface area contributed by atoms with E-state index >= 15 is 0 Å². The maximum absolute atomic E-state index is 5.90. The lowest BCUT2D eigenvalue weighted by Gasteiger charge is -2.12. The Morgan fingerprint density at radius 2 is 2.05 bits per heavy atom. The lowest BCUT2D eigenvalue weighted by molar-refractivity contribution is 0.281. The van der Waals surface area contributed by atoms with E-state index in [1.54, 1.807) is 7.11 Å². The average molecular weight is 290 g/mol. The summed E-state index contributed by atoms with van der Waals surface area (Å²) in [4.78, 5) is 0. The second-order valence-electron chi connectivity index (χ2n) is 4.86. The highest BCUT2D eigenvalue weighted by Gasteiger charge is 2.12. The third kappa shape index (κ3) is 3.76. The van der Waals surface area contributed by atoms with E-state index in [9.17, 15) is 0 Å². The minimum Gasteiger partial charge on any atom is -0.493 e. The van der Waals surface area contributed by atoms with Crippen LogP contribution in [0.25, 0.3) is 0 Å². The Hall–Kier alpha value is -2.01. The second kappa shape index (κ2) is 7.13. The van der Waals surface area contributed by atoms with Gasteiger partial charge in [-0.3, -0.25) is 0 Å². The van der Waals surface area contributed by atoms with E-state index in [-0.39, 0.29) is 0 Å². The van der Waals surface area contributed by atoms with Crippen LogP contribution >= 0.6 is 0 Å². The van der Waals surface area contributed by atoms with Gasteiger partial charge < -0.3 is 19.3 Å². The molecule has 0 aliphatic rings. The Labute approximate surface area is 125 Å². The highest BCUT2D eigenvalue weighted by Crippen LogP contribution is 2.29. The van der Waals surface area contributed by atoms with Crippen LogP contribution in [-0.2, 0) is 13.2 Å². The topological polar surface area (TPSA) is 56.5 Å². The molecule has 0 aliphatic carbocycles. The van der Waals surface area contributed by atoms with Gasteiger partial charge in [0.15, 0.2) is 11.5 Å². The van der Waals surface area contributed by atoms with E-state index in [0.717, 1.165) is 47.2 Å². The number of methoxy groups -OCH3 is 1. The molecular weight excluding hydrogens is 268 g/mol. The van der Waals surface area contributed by atoms with Gasteiger partial charge >= 0.3 is 0 Å². The summed E-state index contributed by atoms with van der Waals surface area (Å²) in [7, 11) is 1.64. The number of hydrogen-bond donors (Lipinski definition) is 1. The first-order chi connectivity index (χ1) is 10.2. The first-order valence-electron chi connectivity index (χ1n) is 7.07. The zero-order valence-electron chi connectivity index (χ0n) is 13.0. The van der Waals surface area contributed by atoms with Crippen LogP contribution in [0.4, 0.5) is 0 Å². The van der Waals surface area contributed by atoms with Gasteiger partial charge in [0.25, 0.3) is 0 Å². The van der Waals surface area contributed by atoms with Crippen LogP contribution in [-0.4, -0.2) is 18.8 Å². The molecule has 0 atom stereocenters. The van der Waals surface area contributed by atoms with Crippen molar-refractivity contribution in [1.82, 2.24) is 10.5 Å². The molecule has 1 heterocycles. The molecule has 1 aromatic heterocycles. The minimum absolute atomic E-state index is 0.419. The van der Waals surface area contributed by atoms with E-state index < -0.39 is 0 Å². The number of nitrogens with one attached hydrogen (secondary N) is 1. The molecule has 2 aromatic rings. The molecule has 114 valence electrons. The number of hydrogen-bond acceptors (Lipinski definition) is 5. The molecular formula is C16H22N2O3. The fraction of sp³-hybridized carbons (Fsp3) is 0.438. The van der Waals surface area contributed by atoms with Crippen molar-refractivity contribution in [3.05, 3.63) is 40.8 Å². The van der Waals surface area contributed by atoms with Crippen LogP contribution in [0.1, 0.15) is 29.5 Å². The standard InChI is InChI=1S/C16H22N2O3/c1-5-17-9-13-6-7-15(19-4)16(8-13)20-10-14-11(2)18-21-12(14)3/h6-8,17H,5,9-10H2,1-4H3. The van der Waals surface area contributed by atoms with Gasteiger partial charge in [0, 0.05) is 6.54 Å². The third-order valence-corrected chi connectivity index (χ3v) is 3.36. The van der Waals surface area contributed by atoms with Crippen molar-refractivity contribution in [2.75, 3.05) is 13.7 Å². The van der Waals surface area contributed by atoms with Gasteiger partial charge in [0.05, 0.1) is 18.4 Å². The molecule has 0 bridgehead atoms. The molecule has 0 radical (unpaired) electrons. The third-order valence-electron chi connectivity index (χ3n) is 3.36. The van der Waals surface area contributed by atoms with Crippen molar-refractivity contribution in [3.8, 4) is 11.5 Å². The molecule has 5 nitrogen and oxygen atoms in total. The minimum atomic E-state index is 0.419. The predicted octanol–water partition coefficient (Wildman–Crippen LogP) is 2.99. The van der Waals surface area contributed by atoms with Crippen LogP contribution in [0.5, 0.6) is 11.5 Å². The van der Waals surface area contributed by atoms with Crippen molar-refractivity contribution in [3.63, 3.8) is 0 Å². The smallest absolute Gasteiger partial charge is 0.161 e. The summed E-state index contributed by atoms with van der Waals surface area (Å²) in [5, 5.41) is 7.23. The number of aromatic nitrogens is 1. The van der Waals surface area contributed by atoms with Crippen molar-refractivity contribution < 1.29 is 14.0 Å². The van der Waals surface area contributed by atoms with Gasteiger partial charge in [-0.15, -0.1) is 0 Å². The first-order valence-corrected chi connectivity index (χ1v) is 7.07. The van der Waals surface area contributed by atoms with Crippen molar-refractivity contribution in [2.45, 2.75) is 33.9 Å². The van der Waals surface area contributed by atoms with Crippen LogP contribution < -0.4 is 14.8 Å². The molecule has 0 aliphatic heterocycles. The molecule has 0 amide bonds. The molecule has 1 aromatic carbocycles. The SMILES string of the molecule is CCNCc1ccc(OC)c(OCc2c(C)noc2C)c1. The van der Waals surface area contributed by atoms with Crippen LogP contribution in [0.3, 0.4) is 0 Å². The van der Waals surface area contributed by atoms with E-state index in [4.69, 9.17) is 14.0 Å². The fourth-order valence-corrected chi connectivity index (χ4v) is 2.07. The Balaban J connectivity index is 2.13. The maximum atomic E-state index is 5.90. The molecule has 21 heavy (non-hydrogen) atoms. The van der Waals surface area contributed by atoms with Gasteiger partial charge in [-0.25, -0.2) is 0 Å². The summed E-state index contributed by atoms with van der Waals surface area (Å²) in [6.07, 6.45) is 0. The lowest BCUT2D eigenvalue weighted by atomic mass is 10.2. The van der Waals surface area contributed by atoms with Crippen LogP contribution in [0, 0.1) is 13.8 Å². The average Bonchev–Trinajstić information content (AvgIpc) is 2.82. The van der Waals surface area contributed by atoms with Gasteiger partial charge in [0.2, 0.25) is 0 Å². The van der Waals surface area contributed by atoms with Crippen molar-refractivity contribution in [1.29, 1.82) is 0 Å². The van der Waals surface area contributed by atoms with Crippen LogP contribution in [0.15, 0.2) is 22.7 Å². The summed E-state index contributed by atoms with van der Waals surface area (Å²) in [5.74, 6) is 2.24. The lowest BCUT2D eigenvalue weighted by Crippen LogP contribution is -2.11. The largest absolute Gasteiger partial charge is 0.493 e. The van der Waals surface area contributed by atoms with E-state index in [2.05, 4.69) is 17.4 Å². The van der Waals surface area contributed by atoms with E-state index in [1.807, 2.05) is 32.0 Å².